The van der Waals surface area contributed by atoms with Crippen molar-refractivity contribution in [1.82, 2.24) is 15.5 Å². The third-order valence-corrected chi connectivity index (χ3v) is 5.26. The lowest BCUT2D eigenvalue weighted by Crippen LogP contribution is -2.50. The molecule has 0 radical (unpaired) electrons. The predicted molar refractivity (Wildman–Crippen MR) is 106 cm³/mol. The van der Waals surface area contributed by atoms with Crippen molar-refractivity contribution in [3.8, 4) is 0 Å². The van der Waals surface area contributed by atoms with Gasteiger partial charge in [0.1, 0.15) is 0 Å². The number of hydrogen-bond donors (Lipinski definition) is 2. The average molecular weight is 436 g/mol. The number of guanidine groups is 1. The first-order valence-electron chi connectivity index (χ1n) is 9.02. The van der Waals surface area contributed by atoms with Gasteiger partial charge in [0.25, 0.3) is 0 Å². The van der Waals surface area contributed by atoms with Crippen LogP contribution in [0.2, 0.25) is 0 Å². The summed E-state index contributed by atoms with van der Waals surface area (Å²) in [6, 6.07) is 1.09. The van der Waals surface area contributed by atoms with E-state index in [1.54, 1.807) is 0 Å². The van der Waals surface area contributed by atoms with Crippen molar-refractivity contribution in [1.29, 1.82) is 0 Å². The Morgan fingerprint density at radius 3 is 2.74 bits per heavy atom. The second-order valence-corrected chi connectivity index (χ2v) is 7.50. The number of fused-ring (bicyclic) bond motifs is 2. The van der Waals surface area contributed by atoms with Gasteiger partial charge in [-0.3, -0.25) is 9.89 Å². The summed E-state index contributed by atoms with van der Waals surface area (Å²) in [6.45, 7) is 8.06. The summed E-state index contributed by atoms with van der Waals surface area (Å²) in [5.74, 6) is 1.68. The molecule has 0 aromatic heterocycles. The van der Waals surface area contributed by atoms with Gasteiger partial charge in [-0.25, -0.2) is 0 Å². The molecule has 134 valence electrons. The van der Waals surface area contributed by atoms with E-state index in [0.717, 1.165) is 24.8 Å². The summed E-state index contributed by atoms with van der Waals surface area (Å²) in [5.41, 5.74) is 0. The lowest BCUT2D eigenvalue weighted by atomic mass is 9.96. The first-order chi connectivity index (χ1) is 10.7. The molecule has 5 nitrogen and oxygen atoms in total. The number of hydrogen-bond acceptors (Lipinski definition) is 3. The Kier molecular flexibility index (Phi) is 7.41. The highest BCUT2D eigenvalue weighted by molar-refractivity contribution is 14.0. The second-order valence-electron chi connectivity index (χ2n) is 7.50. The van der Waals surface area contributed by atoms with Crippen LogP contribution in [-0.4, -0.2) is 61.8 Å². The highest BCUT2D eigenvalue weighted by atomic mass is 127. The zero-order valence-electron chi connectivity index (χ0n) is 14.8. The maximum absolute atomic E-state index is 5.92. The minimum absolute atomic E-state index is 0. The monoisotopic (exact) mass is 436 g/mol. The van der Waals surface area contributed by atoms with Crippen LogP contribution in [-0.2, 0) is 4.74 Å². The van der Waals surface area contributed by atoms with Crippen molar-refractivity contribution in [3.63, 3.8) is 0 Å². The molecular formula is C17H33IN4O. The fourth-order valence-corrected chi connectivity index (χ4v) is 4.21. The SMILES string of the molecule is CN=C(NC[C@H]1CCCN1CC(C)C)NC1CC2CCC1O2.I. The summed E-state index contributed by atoms with van der Waals surface area (Å²) in [4.78, 5) is 7.03. The van der Waals surface area contributed by atoms with Gasteiger partial charge in [-0.05, 0) is 44.6 Å². The molecule has 3 aliphatic heterocycles. The van der Waals surface area contributed by atoms with E-state index in [1.807, 2.05) is 7.05 Å². The zero-order chi connectivity index (χ0) is 15.5. The highest BCUT2D eigenvalue weighted by Gasteiger charge is 2.41. The Morgan fingerprint density at radius 1 is 1.30 bits per heavy atom. The molecule has 3 unspecified atom stereocenters. The van der Waals surface area contributed by atoms with Gasteiger partial charge in [-0.2, -0.15) is 0 Å². The Hall–Kier alpha value is -0.0800. The van der Waals surface area contributed by atoms with Crippen molar-refractivity contribution in [2.24, 2.45) is 10.9 Å². The number of likely N-dealkylation sites (tertiary alicyclic amines) is 1. The Morgan fingerprint density at radius 2 is 2.13 bits per heavy atom. The van der Waals surface area contributed by atoms with Gasteiger partial charge in [-0.15, -0.1) is 24.0 Å². The average Bonchev–Trinajstić information content (AvgIpc) is 3.19. The molecule has 6 heteroatoms. The van der Waals surface area contributed by atoms with Gasteiger partial charge < -0.3 is 15.4 Å². The number of ether oxygens (including phenoxy) is 1. The number of halogens is 1. The molecule has 0 saturated carbocycles. The summed E-state index contributed by atoms with van der Waals surface area (Å²) >= 11 is 0. The molecular weight excluding hydrogens is 403 g/mol. The molecule has 0 aliphatic carbocycles. The van der Waals surface area contributed by atoms with E-state index in [4.69, 9.17) is 4.74 Å². The maximum atomic E-state index is 5.92. The molecule has 0 amide bonds. The molecule has 3 rings (SSSR count). The lowest BCUT2D eigenvalue weighted by Gasteiger charge is -2.28. The van der Waals surface area contributed by atoms with Crippen LogP contribution in [0.25, 0.3) is 0 Å². The quantitative estimate of drug-likeness (QED) is 0.394. The lowest BCUT2D eigenvalue weighted by molar-refractivity contribution is 0.0992. The Labute approximate surface area is 158 Å². The van der Waals surface area contributed by atoms with Crippen LogP contribution in [0.15, 0.2) is 4.99 Å². The summed E-state index contributed by atoms with van der Waals surface area (Å²) in [6.07, 6.45) is 7.07. The van der Waals surface area contributed by atoms with Crippen molar-refractivity contribution in [2.45, 2.75) is 70.2 Å². The van der Waals surface area contributed by atoms with Crippen LogP contribution in [0.1, 0.15) is 46.0 Å². The molecule has 0 spiro atoms. The number of nitrogens with one attached hydrogen (secondary N) is 2. The van der Waals surface area contributed by atoms with Crippen LogP contribution < -0.4 is 10.6 Å². The van der Waals surface area contributed by atoms with E-state index in [2.05, 4.69) is 34.4 Å². The molecule has 3 fully saturated rings. The molecule has 2 bridgehead atoms. The van der Waals surface area contributed by atoms with Gasteiger partial charge in [-0.1, -0.05) is 13.8 Å². The molecule has 3 aliphatic rings. The molecule has 23 heavy (non-hydrogen) atoms. The van der Waals surface area contributed by atoms with E-state index in [-0.39, 0.29) is 24.0 Å². The summed E-state index contributed by atoms with van der Waals surface area (Å²) < 4.78 is 5.92. The molecule has 3 heterocycles. The van der Waals surface area contributed by atoms with E-state index in [1.165, 1.54) is 38.8 Å². The van der Waals surface area contributed by atoms with Crippen LogP contribution in [0.3, 0.4) is 0 Å². The standard InChI is InChI=1S/C17H32N4O.HI/c1-12(2)11-21-8-4-5-13(21)10-19-17(18-3)20-15-9-14-6-7-16(15)22-14;/h12-16H,4-11H2,1-3H3,(H2,18,19,20);1H/t13-,14?,15?,16?;/m1./s1. The van der Waals surface area contributed by atoms with Crippen molar-refractivity contribution < 1.29 is 4.74 Å². The fraction of sp³-hybridized carbons (Fsp3) is 0.941. The van der Waals surface area contributed by atoms with E-state index >= 15 is 0 Å². The van der Waals surface area contributed by atoms with Crippen molar-refractivity contribution in [3.05, 3.63) is 0 Å². The third-order valence-electron chi connectivity index (χ3n) is 5.26. The highest BCUT2D eigenvalue weighted by Crippen LogP contribution is 2.34. The van der Waals surface area contributed by atoms with Gasteiger partial charge in [0, 0.05) is 26.2 Å². The summed E-state index contributed by atoms with van der Waals surface area (Å²) in [5, 5.41) is 7.11. The Balaban J connectivity index is 0.00000192. The van der Waals surface area contributed by atoms with Crippen LogP contribution in [0.4, 0.5) is 0 Å². The van der Waals surface area contributed by atoms with E-state index < -0.39 is 0 Å². The maximum Gasteiger partial charge on any atom is 0.191 e. The smallest absolute Gasteiger partial charge is 0.191 e. The number of nitrogens with zero attached hydrogens (tertiary/aromatic N) is 2. The van der Waals surface area contributed by atoms with E-state index in [0.29, 0.717) is 24.3 Å². The van der Waals surface area contributed by atoms with Gasteiger partial charge in [0.05, 0.1) is 18.2 Å². The number of aliphatic imine (C=N–C) groups is 1. The molecule has 0 aromatic rings. The molecule has 0 aromatic carbocycles. The minimum Gasteiger partial charge on any atom is -0.373 e. The van der Waals surface area contributed by atoms with Crippen LogP contribution >= 0.6 is 24.0 Å². The van der Waals surface area contributed by atoms with Gasteiger partial charge >= 0.3 is 0 Å². The Bertz CT molecular complexity index is 404. The zero-order valence-corrected chi connectivity index (χ0v) is 17.1. The normalized spacial score (nSPS) is 34.0. The van der Waals surface area contributed by atoms with Crippen LogP contribution in [0.5, 0.6) is 0 Å². The van der Waals surface area contributed by atoms with Gasteiger partial charge in [0.15, 0.2) is 5.96 Å². The topological polar surface area (TPSA) is 48.9 Å². The van der Waals surface area contributed by atoms with Crippen LogP contribution in [0, 0.1) is 5.92 Å². The fourth-order valence-electron chi connectivity index (χ4n) is 4.21. The van der Waals surface area contributed by atoms with Gasteiger partial charge in [0.2, 0.25) is 0 Å². The molecule has 2 N–H and O–H groups in total. The third kappa shape index (κ3) is 4.95. The largest absolute Gasteiger partial charge is 0.373 e. The first kappa shape index (κ1) is 19.2. The van der Waals surface area contributed by atoms with E-state index in [9.17, 15) is 0 Å². The van der Waals surface area contributed by atoms with Crippen molar-refractivity contribution >= 4 is 29.9 Å². The molecule has 3 saturated heterocycles. The first-order valence-corrected chi connectivity index (χ1v) is 9.02. The molecule has 4 atom stereocenters. The number of rotatable bonds is 5. The second kappa shape index (κ2) is 8.85. The predicted octanol–water partition coefficient (Wildman–Crippen LogP) is 2.21. The van der Waals surface area contributed by atoms with Crippen molar-refractivity contribution in [2.75, 3.05) is 26.7 Å². The summed E-state index contributed by atoms with van der Waals surface area (Å²) in [7, 11) is 1.87. The minimum atomic E-state index is 0.